The number of benzene rings is 1. The lowest BCUT2D eigenvalue weighted by atomic mass is 9.54. The molecule has 2 unspecified atom stereocenters. The van der Waals surface area contributed by atoms with Crippen LogP contribution in [0.2, 0.25) is 0 Å². The molecular weight excluding hydrogens is 284 g/mol. The molecule has 0 bridgehead atoms. The molecule has 0 fully saturated rings. The van der Waals surface area contributed by atoms with Gasteiger partial charge in [-0.1, -0.05) is 42.5 Å². The van der Waals surface area contributed by atoms with Crippen molar-refractivity contribution < 1.29 is 4.74 Å². The quantitative estimate of drug-likeness (QED) is 0.723. The Hall–Kier alpha value is -2.94. The zero-order valence-corrected chi connectivity index (χ0v) is 12.2. The van der Waals surface area contributed by atoms with E-state index in [1.54, 1.807) is 6.26 Å². The van der Waals surface area contributed by atoms with Crippen molar-refractivity contribution in [2.24, 2.45) is 20.8 Å². The van der Waals surface area contributed by atoms with Crippen LogP contribution in [0.25, 0.3) is 5.57 Å². The molecule has 5 aliphatic rings. The van der Waals surface area contributed by atoms with Crippen LogP contribution in [0.5, 0.6) is 0 Å². The van der Waals surface area contributed by atoms with E-state index >= 15 is 0 Å². The second-order valence-electron chi connectivity index (χ2n) is 6.38. The minimum Gasteiger partial charge on any atom is -0.466 e. The van der Waals surface area contributed by atoms with Crippen molar-refractivity contribution >= 4 is 11.8 Å². The normalized spacial score (nSPS) is 33.6. The van der Waals surface area contributed by atoms with Crippen LogP contribution >= 0.6 is 0 Å². The standard InChI is InChI=1S/C20H12N2O/c1-2-6-15-13(5-1)16-14-11-21-12-20(14)8-4-3-7-19(20)9-10-23-18(19)17(16)22-15/h1-12H. The van der Waals surface area contributed by atoms with Crippen LogP contribution in [-0.2, 0) is 4.74 Å². The van der Waals surface area contributed by atoms with Gasteiger partial charge in [0.05, 0.1) is 22.4 Å². The average molecular weight is 296 g/mol. The fourth-order valence-electron chi connectivity index (χ4n) is 4.44. The van der Waals surface area contributed by atoms with Crippen molar-refractivity contribution in [2.45, 2.75) is 0 Å². The molecule has 3 heterocycles. The van der Waals surface area contributed by atoms with Crippen LogP contribution in [0.15, 0.2) is 94.1 Å². The van der Waals surface area contributed by atoms with E-state index in [1.807, 2.05) is 18.5 Å². The maximum atomic E-state index is 5.98. The van der Waals surface area contributed by atoms with E-state index in [0.29, 0.717) is 0 Å². The molecule has 2 aliphatic carbocycles. The summed E-state index contributed by atoms with van der Waals surface area (Å²) in [7, 11) is 0. The average Bonchev–Trinajstić information content (AvgIpc) is 3.26. The lowest BCUT2D eigenvalue weighted by Gasteiger charge is -2.46. The van der Waals surface area contributed by atoms with E-state index in [-0.39, 0.29) is 10.8 Å². The molecule has 0 amide bonds. The van der Waals surface area contributed by atoms with Crippen LogP contribution in [0.3, 0.4) is 0 Å². The molecule has 3 heteroatoms. The van der Waals surface area contributed by atoms with Crippen LogP contribution in [-0.4, -0.2) is 6.21 Å². The van der Waals surface area contributed by atoms with Crippen LogP contribution in [0, 0.1) is 10.8 Å². The predicted octanol–water partition coefficient (Wildman–Crippen LogP) is 2.31. The SMILES string of the molecule is C1=CC23C=NC=C2C2=c4ccccc4=NC2=C2OC=CC23C=C1. The Morgan fingerprint density at radius 2 is 1.83 bits per heavy atom. The minimum atomic E-state index is -0.349. The molecule has 108 valence electrons. The molecule has 0 saturated carbocycles. The molecule has 23 heavy (non-hydrogen) atoms. The number of hydrogen-bond donors (Lipinski definition) is 0. The molecule has 2 atom stereocenters. The number of fused-ring (bicyclic) bond motifs is 3. The van der Waals surface area contributed by atoms with Crippen molar-refractivity contribution in [3.63, 3.8) is 0 Å². The summed E-state index contributed by atoms with van der Waals surface area (Å²) < 4.78 is 5.98. The smallest absolute Gasteiger partial charge is 0.145 e. The zero-order valence-electron chi connectivity index (χ0n) is 12.2. The van der Waals surface area contributed by atoms with Crippen LogP contribution in [0.4, 0.5) is 0 Å². The molecule has 1 aromatic rings. The summed E-state index contributed by atoms with van der Waals surface area (Å²) in [5.41, 5.74) is 2.66. The fourth-order valence-corrected chi connectivity index (χ4v) is 4.44. The van der Waals surface area contributed by atoms with Crippen molar-refractivity contribution in [1.29, 1.82) is 0 Å². The first-order chi connectivity index (χ1) is 11.4. The van der Waals surface area contributed by atoms with Gasteiger partial charge in [0, 0.05) is 23.2 Å². The van der Waals surface area contributed by atoms with E-state index in [4.69, 9.17) is 9.73 Å². The predicted molar refractivity (Wildman–Crippen MR) is 87.6 cm³/mol. The van der Waals surface area contributed by atoms with Gasteiger partial charge in [0.2, 0.25) is 0 Å². The van der Waals surface area contributed by atoms with Gasteiger partial charge in [0.15, 0.2) is 0 Å². The maximum absolute atomic E-state index is 5.98. The van der Waals surface area contributed by atoms with Gasteiger partial charge >= 0.3 is 0 Å². The van der Waals surface area contributed by atoms with E-state index in [0.717, 1.165) is 27.6 Å². The van der Waals surface area contributed by atoms with Crippen LogP contribution in [0.1, 0.15) is 0 Å². The van der Waals surface area contributed by atoms with Gasteiger partial charge in [0.1, 0.15) is 11.5 Å². The highest BCUT2D eigenvalue weighted by molar-refractivity contribution is 5.97. The minimum absolute atomic E-state index is 0.310. The lowest BCUT2D eigenvalue weighted by molar-refractivity contribution is 0.260. The van der Waals surface area contributed by atoms with Gasteiger partial charge in [-0.2, -0.15) is 0 Å². The molecule has 0 radical (unpaired) electrons. The van der Waals surface area contributed by atoms with Gasteiger partial charge in [-0.05, 0) is 17.7 Å². The van der Waals surface area contributed by atoms with E-state index < -0.39 is 0 Å². The highest BCUT2D eigenvalue weighted by Gasteiger charge is 2.61. The molecule has 6 rings (SSSR count). The molecule has 0 aromatic heterocycles. The molecular formula is C20H12N2O. The van der Waals surface area contributed by atoms with E-state index in [1.165, 1.54) is 5.57 Å². The fraction of sp³-hybridized carbons (Fsp3) is 0.100. The highest BCUT2D eigenvalue weighted by Crippen LogP contribution is 2.64. The Morgan fingerprint density at radius 3 is 2.78 bits per heavy atom. The maximum Gasteiger partial charge on any atom is 0.145 e. The van der Waals surface area contributed by atoms with Crippen molar-refractivity contribution in [1.82, 2.24) is 0 Å². The van der Waals surface area contributed by atoms with Crippen molar-refractivity contribution in [3.8, 4) is 0 Å². The monoisotopic (exact) mass is 296 g/mol. The summed E-state index contributed by atoms with van der Waals surface area (Å²) in [4.78, 5) is 9.42. The zero-order chi connectivity index (χ0) is 15.1. The lowest BCUT2D eigenvalue weighted by Crippen LogP contribution is -2.45. The summed E-state index contributed by atoms with van der Waals surface area (Å²) in [5, 5.41) is 2.17. The third-order valence-corrected chi connectivity index (χ3v) is 5.46. The second kappa shape index (κ2) is 3.51. The van der Waals surface area contributed by atoms with Crippen molar-refractivity contribution in [2.75, 3.05) is 0 Å². The number of rotatable bonds is 0. The Balaban J connectivity index is 1.86. The number of para-hydroxylation sites is 1. The topological polar surface area (TPSA) is 34.0 Å². The largest absolute Gasteiger partial charge is 0.466 e. The Morgan fingerprint density at radius 1 is 0.957 bits per heavy atom. The summed E-state index contributed by atoms with van der Waals surface area (Å²) in [6, 6.07) is 8.27. The summed E-state index contributed by atoms with van der Waals surface area (Å²) in [6.07, 6.45) is 16.6. The molecule has 0 saturated heterocycles. The van der Waals surface area contributed by atoms with Gasteiger partial charge in [-0.25, -0.2) is 4.99 Å². The Labute approximate surface area is 132 Å². The number of nitrogens with zero attached hydrogens (tertiary/aromatic N) is 2. The number of hydrogen-bond acceptors (Lipinski definition) is 3. The van der Waals surface area contributed by atoms with Gasteiger partial charge in [-0.15, -0.1) is 0 Å². The highest BCUT2D eigenvalue weighted by atomic mass is 16.5. The summed E-state index contributed by atoms with van der Waals surface area (Å²) in [6.45, 7) is 0. The first-order valence-corrected chi connectivity index (χ1v) is 7.76. The number of aliphatic imine (C=N–C) groups is 1. The summed E-state index contributed by atoms with van der Waals surface area (Å²) in [5.74, 6) is 0.912. The van der Waals surface area contributed by atoms with E-state index in [9.17, 15) is 0 Å². The molecule has 3 nitrogen and oxygen atoms in total. The van der Waals surface area contributed by atoms with Gasteiger partial charge in [0.25, 0.3) is 0 Å². The third-order valence-electron chi connectivity index (χ3n) is 5.46. The molecule has 1 aromatic carbocycles. The third kappa shape index (κ3) is 1.07. The molecule has 3 aliphatic heterocycles. The molecule has 2 spiro atoms. The Kier molecular flexibility index (Phi) is 1.77. The summed E-state index contributed by atoms with van der Waals surface area (Å²) >= 11 is 0. The molecule has 0 N–H and O–H groups in total. The van der Waals surface area contributed by atoms with Gasteiger partial charge in [-0.3, -0.25) is 4.99 Å². The van der Waals surface area contributed by atoms with Crippen molar-refractivity contribution in [3.05, 3.63) is 94.7 Å². The second-order valence-corrected chi connectivity index (χ2v) is 6.38. The first-order valence-electron chi connectivity index (χ1n) is 7.76. The first kappa shape index (κ1) is 11.6. The van der Waals surface area contributed by atoms with Crippen LogP contribution < -0.4 is 10.6 Å². The Bertz CT molecular complexity index is 1100. The number of ether oxygens (including phenoxy) is 1. The number of allylic oxidation sites excluding steroid dienone is 5. The van der Waals surface area contributed by atoms with Gasteiger partial charge < -0.3 is 4.74 Å². The van der Waals surface area contributed by atoms with E-state index in [2.05, 4.69) is 53.6 Å².